The second-order valence-electron chi connectivity index (χ2n) is 6.46. The summed E-state index contributed by atoms with van der Waals surface area (Å²) in [6, 6.07) is 11.7. The van der Waals surface area contributed by atoms with Crippen LogP contribution in [0.4, 0.5) is 0 Å². The summed E-state index contributed by atoms with van der Waals surface area (Å²) in [6.45, 7) is 10.4. The Hall–Kier alpha value is -0.820. The Bertz CT molecular complexity index is 378. The van der Waals surface area contributed by atoms with Crippen molar-refractivity contribution < 1.29 is 0 Å². The molecule has 2 rings (SSSR count). The number of hydrogen-bond acceptors (Lipinski definition) is 1. The summed E-state index contributed by atoms with van der Waals surface area (Å²) < 4.78 is 0. The number of nitrogens with one attached hydrogen (secondary N) is 1. The Morgan fingerprint density at radius 3 is 2.32 bits per heavy atom. The van der Waals surface area contributed by atoms with Gasteiger partial charge in [-0.3, -0.25) is 0 Å². The maximum atomic E-state index is 3.68. The summed E-state index contributed by atoms with van der Waals surface area (Å²) in [7, 11) is 0. The molecule has 1 aromatic rings. The van der Waals surface area contributed by atoms with Gasteiger partial charge in [-0.1, -0.05) is 58.0 Å². The zero-order chi connectivity index (χ0) is 13.9. The van der Waals surface area contributed by atoms with Crippen LogP contribution in [0.25, 0.3) is 0 Å². The van der Waals surface area contributed by atoms with Crippen molar-refractivity contribution in [2.75, 3.05) is 6.54 Å². The normalized spacial score (nSPS) is 22.8. The van der Waals surface area contributed by atoms with Crippen LogP contribution in [-0.2, 0) is 0 Å². The van der Waals surface area contributed by atoms with Crippen molar-refractivity contribution in [3.05, 3.63) is 35.9 Å². The summed E-state index contributed by atoms with van der Waals surface area (Å²) in [5.41, 5.74) is 2.04. The van der Waals surface area contributed by atoms with E-state index >= 15 is 0 Å². The van der Waals surface area contributed by atoms with E-state index in [0.717, 1.165) is 11.8 Å². The van der Waals surface area contributed by atoms with Crippen molar-refractivity contribution in [3.63, 3.8) is 0 Å². The summed E-state index contributed by atoms with van der Waals surface area (Å²) >= 11 is 0. The van der Waals surface area contributed by atoms with Crippen molar-refractivity contribution in [3.8, 4) is 0 Å². The van der Waals surface area contributed by atoms with Gasteiger partial charge in [0.2, 0.25) is 0 Å². The lowest BCUT2D eigenvalue weighted by molar-refractivity contribution is 0.197. The summed E-state index contributed by atoms with van der Waals surface area (Å²) in [5, 5.41) is 3.68. The van der Waals surface area contributed by atoms with E-state index in [1.165, 1.54) is 25.8 Å². The van der Waals surface area contributed by atoms with E-state index in [0.29, 0.717) is 11.5 Å². The van der Waals surface area contributed by atoms with Crippen molar-refractivity contribution in [2.45, 2.75) is 58.9 Å². The average molecular weight is 259 g/mol. The fourth-order valence-electron chi connectivity index (χ4n) is 3.50. The summed E-state index contributed by atoms with van der Waals surface area (Å²) in [4.78, 5) is 0. The SMILES string of the molecule is CCC(CC)(CNC(C)C)C1CC1c1ccccc1. The average Bonchev–Trinajstić information content (AvgIpc) is 3.22. The largest absolute Gasteiger partial charge is 0.314 e. The monoisotopic (exact) mass is 259 g/mol. The topological polar surface area (TPSA) is 12.0 Å². The molecule has 1 saturated carbocycles. The zero-order valence-electron chi connectivity index (χ0n) is 12.9. The number of hydrogen-bond donors (Lipinski definition) is 1. The van der Waals surface area contributed by atoms with E-state index in [4.69, 9.17) is 0 Å². The van der Waals surface area contributed by atoms with Crippen LogP contribution in [-0.4, -0.2) is 12.6 Å². The maximum absolute atomic E-state index is 3.68. The zero-order valence-corrected chi connectivity index (χ0v) is 12.9. The van der Waals surface area contributed by atoms with Gasteiger partial charge in [0.05, 0.1) is 0 Å². The standard InChI is InChI=1S/C18H29N/c1-5-18(6-2,13-19-14(3)4)17-12-16(17)15-10-8-7-9-11-15/h7-11,14,16-17,19H,5-6,12-13H2,1-4H3. The molecule has 2 unspecified atom stereocenters. The van der Waals surface area contributed by atoms with Crippen molar-refractivity contribution >= 4 is 0 Å². The third-order valence-corrected chi connectivity index (χ3v) is 5.08. The van der Waals surface area contributed by atoms with Crippen molar-refractivity contribution in [1.29, 1.82) is 0 Å². The molecule has 1 aromatic carbocycles. The van der Waals surface area contributed by atoms with E-state index in [2.05, 4.69) is 63.3 Å². The van der Waals surface area contributed by atoms with Gasteiger partial charge in [-0.15, -0.1) is 0 Å². The molecule has 1 N–H and O–H groups in total. The van der Waals surface area contributed by atoms with Crippen LogP contribution >= 0.6 is 0 Å². The molecule has 1 heteroatoms. The van der Waals surface area contributed by atoms with Gasteiger partial charge >= 0.3 is 0 Å². The van der Waals surface area contributed by atoms with Crippen molar-refractivity contribution in [1.82, 2.24) is 5.32 Å². The lowest BCUT2D eigenvalue weighted by Gasteiger charge is -2.34. The molecular weight excluding hydrogens is 230 g/mol. The molecule has 0 radical (unpaired) electrons. The van der Waals surface area contributed by atoms with Gasteiger partial charge in [0.1, 0.15) is 0 Å². The Morgan fingerprint density at radius 2 is 1.79 bits per heavy atom. The highest BCUT2D eigenvalue weighted by Crippen LogP contribution is 2.59. The lowest BCUT2D eigenvalue weighted by atomic mass is 9.76. The first kappa shape index (κ1) is 14.6. The van der Waals surface area contributed by atoms with E-state index in [9.17, 15) is 0 Å². The molecule has 0 amide bonds. The van der Waals surface area contributed by atoms with Gasteiger partial charge in [0.15, 0.2) is 0 Å². The minimum atomic E-state index is 0.491. The second-order valence-corrected chi connectivity index (χ2v) is 6.46. The first-order chi connectivity index (χ1) is 9.13. The van der Waals surface area contributed by atoms with Crippen LogP contribution < -0.4 is 5.32 Å². The lowest BCUT2D eigenvalue weighted by Crippen LogP contribution is -2.38. The smallest absolute Gasteiger partial charge is 0.00128 e. The van der Waals surface area contributed by atoms with E-state index in [1.54, 1.807) is 5.56 Å². The van der Waals surface area contributed by atoms with Gasteiger partial charge in [0.25, 0.3) is 0 Å². The number of rotatable bonds is 7. The van der Waals surface area contributed by atoms with Gasteiger partial charge in [0, 0.05) is 12.6 Å². The van der Waals surface area contributed by atoms with Gasteiger partial charge in [-0.2, -0.15) is 0 Å². The van der Waals surface area contributed by atoms with Gasteiger partial charge < -0.3 is 5.32 Å². The van der Waals surface area contributed by atoms with Gasteiger partial charge in [-0.25, -0.2) is 0 Å². The molecule has 1 nitrogen and oxygen atoms in total. The first-order valence-electron chi connectivity index (χ1n) is 7.91. The Labute approximate surface area is 118 Å². The van der Waals surface area contributed by atoms with Crippen LogP contribution in [0.2, 0.25) is 0 Å². The molecule has 0 spiro atoms. The van der Waals surface area contributed by atoms with Crippen LogP contribution in [0, 0.1) is 11.3 Å². The Morgan fingerprint density at radius 1 is 1.16 bits per heavy atom. The van der Waals surface area contributed by atoms with Crippen LogP contribution in [0.15, 0.2) is 30.3 Å². The molecule has 0 bridgehead atoms. The molecule has 19 heavy (non-hydrogen) atoms. The van der Waals surface area contributed by atoms with Crippen LogP contribution in [0.5, 0.6) is 0 Å². The first-order valence-corrected chi connectivity index (χ1v) is 7.91. The van der Waals surface area contributed by atoms with Gasteiger partial charge in [-0.05, 0) is 42.1 Å². The molecule has 0 heterocycles. The summed E-state index contributed by atoms with van der Waals surface area (Å²) in [5.74, 6) is 1.67. The summed E-state index contributed by atoms with van der Waals surface area (Å²) in [6.07, 6.45) is 3.96. The maximum Gasteiger partial charge on any atom is 0.00128 e. The van der Waals surface area contributed by atoms with E-state index < -0.39 is 0 Å². The quantitative estimate of drug-likeness (QED) is 0.755. The number of benzene rings is 1. The highest BCUT2D eigenvalue weighted by molar-refractivity contribution is 5.27. The fraction of sp³-hybridized carbons (Fsp3) is 0.667. The van der Waals surface area contributed by atoms with E-state index in [1.807, 2.05) is 0 Å². The molecule has 0 aliphatic heterocycles. The molecular formula is C18H29N. The highest BCUT2D eigenvalue weighted by atomic mass is 14.9. The van der Waals surface area contributed by atoms with Crippen LogP contribution in [0.1, 0.15) is 58.4 Å². The molecule has 1 aliphatic rings. The predicted molar refractivity (Wildman–Crippen MR) is 83.4 cm³/mol. The highest BCUT2D eigenvalue weighted by Gasteiger charge is 2.50. The molecule has 0 saturated heterocycles. The second kappa shape index (κ2) is 6.09. The molecule has 1 fully saturated rings. The predicted octanol–water partition coefficient (Wildman–Crippen LogP) is 4.59. The van der Waals surface area contributed by atoms with Crippen molar-refractivity contribution in [2.24, 2.45) is 11.3 Å². The molecule has 1 aliphatic carbocycles. The van der Waals surface area contributed by atoms with E-state index in [-0.39, 0.29) is 0 Å². The molecule has 106 valence electrons. The third kappa shape index (κ3) is 3.20. The third-order valence-electron chi connectivity index (χ3n) is 5.08. The minimum Gasteiger partial charge on any atom is -0.314 e. The minimum absolute atomic E-state index is 0.491. The van der Waals surface area contributed by atoms with Crippen LogP contribution in [0.3, 0.4) is 0 Å². The molecule has 2 atom stereocenters. The Balaban J connectivity index is 2.05. The Kier molecular flexibility index (Phi) is 4.67. The molecule has 0 aromatic heterocycles. The fourth-order valence-corrected chi connectivity index (χ4v) is 3.50.